The van der Waals surface area contributed by atoms with Gasteiger partial charge in [0.1, 0.15) is 0 Å². The van der Waals surface area contributed by atoms with E-state index in [2.05, 4.69) is 5.10 Å². The van der Waals surface area contributed by atoms with Crippen molar-refractivity contribution in [3.63, 3.8) is 0 Å². The lowest BCUT2D eigenvalue weighted by molar-refractivity contribution is 0.0873. The number of sulfonamides is 1. The van der Waals surface area contributed by atoms with E-state index >= 15 is 0 Å². The van der Waals surface area contributed by atoms with Gasteiger partial charge in [0.25, 0.3) is 5.91 Å². The molecule has 0 aliphatic heterocycles. The number of carbonyl (C=O) groups excluding carboxylic acids is 1. The van der Waals surface area contributed by atoms with E-state index in [4.69, 9.17) is 0 Å². The van der Waals surface area contributed by atoms with Crippen LogP contribution in [0.15, 0.2) is 35.2 Å². The quantitative estimate of drug-likeness (QED) is 0.860. The summed E-state index contributed by atoms with van der Waals surface area (Å²) in [6, 6.07) is 8.30. The molecule has 1 aromatic heterocycles. The summed E-state index contributed by atoms with van der Waals surface area (Å²) in [5.74, 6) is -0.385. The maximum Gasteiger partial charge on any atom is 0.262 e. The third-order valence-electron chi connectivity index (χ3n) is 3.33. The Labute approximate surface area is 130 Å². The van der Waals surface area contributed by atoms with Gasteiger partial charge < -0.3 is 0 Å². The molecule has 0 aliphatic rings. The van der Waals surface area contributed by atoms with E-state index in [0.717, 1.165) is 15.6 Å². The van der Waals surface area contributed by atoms with Crippen LogP contribution in [-0.4, -0.2) is 42.0 Å². The second-order valence-corrected chi connectivity index (χ2v) is 7.35. The van der Waals surface area contributed by atoms with E-state index in [0.29, 0.717) is 5.69 Å². The average molecular weight is 321 g/mol. The van der Waals surface area contributed by atoms with Crippen LogP contribution in [0.2, 0.25) is 0 Å². The van der Waals surface area contributed by atoms with E-state index in [-0.39, 0.29) is 17.3 Å². The molecule has 0 radical (unpaired) electrons. The van der Waals surface area contributed by atoms with Crippen LogP contribution in [0.5, 0.6) is 0 Å². The molecule has 0 unspecified atom stereocenters. The Morgan fingerprint density at radius 3 is 2.27 bits per heavy atom. The molecule has 0 N–H and O–H groups in total. The third kappa shape index (κ3) is 3.26. The Hall–Kier alpha value is -1.99. The largest absolute Gasteiger partial charge is 0.271 e. The van der Waals surface area contributed by atoms with Crippen LogP contribution >= 0.6 is 0 Å². The van der Waals surface area contributed by atoms with Gasteiger partial charge in [0.2, 0.25) is 10.0 Å². The van der Waals surface area contributed by atoms with Gasteiger partial charge in [0.15, 0.2) is 0 Å². The summed E-state index contributed by atoms with van der Waals surface area (Å²) in [5.41, 5.74) is 2.37. The number of hydrogen-bond donors (Lipinski definition) is 0. The molecule has 0 saturated heterocycles. The van der Waals surface area contributed by atoms with E-state index in [1.54, 1.807) is 32.0 Å². The average Bonchev–Trinajstić information content (AvgIpc) is 2.78. The third-order valence-corrected chi connectivity index (χ3v) is 5.15. The first-order valence-electron chi connectivity index (χ1n) is 6.81. The fraction of sp³-hybridized carbons (Fsp3) is 0.333. The minimum Gasteiger partial charge on any atom is -0.271 e. The van der Waals surface area contributed by atoms with Crippen LogP contribution in [0.3, 0.4) is 0 Å². The van der Waals surface area contributed by atoms with Crippen molar-refractivity contribution in [2.45, 2.75) is 25.7 Å². The van der Waals surface area contributed by atoms with Gasteiger partial charge in [0, 0.05) is 12.7 Å². The monoisotopic (exact) mass is 321 g/mol. The second kappa shape index (κ2) is 6.02. The van der Waals surface area contributed by atoms with E-state index in [9.17, 15) is 13.2 Å². The van der Waals surface area contributed by atoms with Crippen molar-refractivity contribution < 1.29 is 13.2 Å². The standard InChI is InChI=1S/C15H19N3O3S/c1-11-5-7-14(8-6-11)22(20,21)17(4)10-15(19)18-13(3)9-12(2)16-18/h5-9H,10H2,1-4H3. The molecule has 0 fully saturated rings. The van der Waals surface area contributed by atoms with Gasteiger partial charge in [0.05, 0.1) is 17.1 Å². The molecule has 0 aliphatic carbocycles. The number of nitrogens with zero attached hydrogens (tertiary/aromatic N) is 3. The Balaban J connectivity index is 2.20. The van der Waals surface area contributed by atoms with E-state index in [1.165, 1.54) is 23.9 Å². The molecule has 118 valence electrons. The van der Waals surface area contributed by atoms with Crippen LogP contribution in [0, 0.1) is 20.8 Å². The first kappa shape index (κ1) is 16.4. The predicted molar refractivity (Wildman–Crippen MR) is 83.3 cm³/mol. The molecular formula is C15H19N3O3S. The number of rotatable bonds is 4. The molecule has 0 amide bonds. The maximum atomic E-state index is 12.4. The normalized spacial score (nSPS) is 11.9. The summed E-state index contributed by atoms with van der Waals surface area (Å²) in [6.07, 6.45) is 0. The predicted octanol–water partition coefficient (Wildman–Crippen LogP) is 1.77. The Morgan fingerprint density at radius 2 is 1.77 bits per heavy atom. The van der Waals surface area contributed by atoms with Crippen molar-refractivity contribution >= 4 is 15.9 Å². The fourth-order valence-electron chi connectivity index (χ4n) is 2.11. The van der Waals surface area contributed by atoms with Crippen LogP contribution in [0.4, 0.5) is 0 Å². The van der Waals surface area contributed by atoms with Crippen molar-refractivity contribution in [1.29, 1.82) is 0 Å². The molecule has 0 saturated carbocycles. The summed E-state index contributed by atoms with van der Waals surface area (Å²) >= 11 is 0. The molecule has 22 heavy (non-hydrogen) atoms. The number of carbonyl (C=O) groups is 1. The summed E-state index contributed by atoms with van der Waals surface area (Å²) in [5, 5.41) is 4.08. The summed E-state index contributed by atoms with van der Waals surface area (Å²) < 4.78 is 27.2. The number of hydrogen-bond acceptors (Lipinski definition) is 4. The van der Waals surface area contributed by atoms with E-state index in [1.807, 2.05) is 6.92 Å². The second-order valence-electron chi connectivity index (χ2n) is 5.31. The molecule has 2 rings (SSSR count). The Morgan fingerprint density at radius 1 is 1.18 bits per heavy atom. The number of aryl methyl sites for hydroxylation is 3. The molecule has 1 aromatic carbocycles. The molecule has 0 spiro atoms. The highest BCUT2D eigenvalue weighted by atomic mass is 32.2. The van der Waals surface area contributed by atoms with Crippen LogP contribution in [-0.2, 0) is 10.0 Å². The first-order chi connectivity index (χ1) is 10.2. The molecule has 0 atom stereocenters. The number of likely N-dealkylation sites (N-methyl/N-ethyl adjacent to an activating group) is 1. The maximum absolute atomic E-state index is 12.4. The van der Waals surface area contributed by atoms with Crippen molar-refractivity contribution in [2.75, 3.05) is 13.6 Å². The fourth-order valence-corrected chi connectivity index (χ4v) is 3.23. The van der Waals surface area contributed by atoms with Crippen molar-refractivity contribution in [3.05, 3.63) is 47.3 Å². The molecule has 1 heterocycles. The van der Waals surface area contributed by atoms with Crippen molar-refractivity contribution in [3.8, 4) is 0 Å². The van der Waals surface area contributed by atoms with Crippen molar-refractivity contribution in [2.24, 2.45) is 0 Å². The van der Waals surface area contributed by atoms with Crippen molar-refractivity contribution in [1.82, 2.24) is 14.1 Å². The molecule has 6 nitrogen and oxygen atoms in total. The minimum atomic E-state index is -3.69. The SMILES string of the molecule is Cc1ccc(S(=O)(=O)N(C)CC(=O)n2nc(C)cc2C)cc1. The molecule has 2 aromatic rings. The topological polar surface area (TPSA) is 72.3 Å². The highest BCUT2D eigenvalue weighted by Gasteiger charge is 2.24. The zero-order valence-corrected chi connectivity index (χ0v) is 13.9. The van der Waals surface area contributed by atoms with Gasteiger partial charge in [-0.3, -0.25) is 4.79 Å². The van der Waals surface area contributed by atoms with Gasteiger partial charge >= 0.3 is 0 Å². The molecule has 0 bridgehead atoms. The Bertz CT molecular complexity index is 792. The minimum absolute atomic E-state index is 0.168. The summed E-state index contributed by atoms with van der Waals surface area (Å²) in [4.78, 5) is 12.4. The lowest BCUT2D eigenvalue weighted by atomic mass is 10.2. The molecular weight excluding hydrogens is 302 g/mol. The van der Waals surface area contributed by atoms with Crippen LogP contribution in [0.25, 0.3) is 0 Å². The lowest BCUT2D eigenvalue weighted by Gasteiger charge is -2.16. The highest BCUT2D eigenvalue weighted by molar-refractivity contribution is 7.89. The summed E-state index contributed by atoms with van der Waals surface area (Å²) in [7, 11) is -2.31. The first-order valence-corrected chi connectivity index (χ1v) is 8.25. The number of benzene rings is 1. The smallest absolute Gasteiger partial charge is 0.262 e. The number of aromatic nitrogens is 2. The lowest BCUT2D eigenvalue weighted by Crippen LogP contribution is -2.35. The molecule has 7 heteroatoms. The summed E-state index contributed by atoms with van der Waals surface area (Å²) in [6.45, 7) is 5.15. The van der Waals surface area contributed by atoms with Gasteiger partial charge in [-0.1, -0.05) is 17.7 Å². The zero-order valence-electron chi connectivity index (χ0n) is 13.1. The van der Waals surface area contributed by atoms with Gasteiger partial charge in [-0.25, -0.2) is 13.1 Å². The van der Waals surface area contributed by atoms with Crippen LogP contribution in [0.1, 0.15) is 21.7 Å². The van der Waals surface area contributed by atoms with Gasteiger partial charge in [-0.05, 0) is 39.0 Å². The Kier molecular flexibility index (Phi) is 4.48. The van der Waals surface area contributed by atoms with Gasteiger partial charge in [-0.15, -0.1) is 0 Å². The highest BCUT2D eigenvalue weighted by Crippen LogP contribution is 2.15. The van der Waals surface area contributed by atoms with Gasteiger partial charge in [-0.2, -0.15) is 9.40 Å². The van der Waals surface area contributed by atoms with Crippen LogP contribution < -0.4 is 0 Å². The zero-order chi connectivity index (χ0) is 16.5. The van der Waals surface area contributed by atoms with E-state index < -0.39 is 10.0 Å².